The normalized spacial score (nSPS) is 15.0. The second-order valence-corrected chi connectivity index (χ2v) is 7.17. The van der Waals surface area contributed by atoms with Gasteiger partial charge in [0.2, 0.25) is 0 Å². The number of benzene rings is 2. The first-order valence-corrected chi connectivity index (χ1v) is 9.55. The summed E-state index contributed by atoms with van der Waals surface area (Å²) in [6, 6.07) is 10.2. The molecule has 1 fully saturated rings. The molecule has 1 aliphatic heterocycles. The Morgan fingerprint density at radius 2 is 1.87 bits per heavy atom. The fourth-order valence-electron chi connectivity index (χ4n) is 3.57. The number of hydrogen-bond donors (Lipinski definition) is 2. The lowest BCUT2D eigenvalue weighted by Crippen LogP contribution is -2.46. The lowest BCUT2D eigenvalue weighted by atomic mass is 10.0. The molecule has 6 nitrogen and oxygen atoms in total. The van der Waals surface area contributed by atoms with Crippen LogP contribution in [0.2, 0.25) is 0 Å². The molecule has 2 N–H and O–H groups in total. The van der Waals surface area contributed by atoms with E-state index < -0.39 is 18.1 Å². The van der Waals surface area contributed by atoms with Crippen molar-refractivity contribution in [3.05, 3.63) is 65.2 Å². The zero-order valence-corrected chi connectivity index (χ0v) is 15.9. The number of aromatic amines is 1. The van der Waals surface area contributed by atoms with Crippen LogP contribution in [-0.2, 0) is 0 Å². The Bertz CT molecular complexity index is 1090. The Labute approximate surface area is 170 Å². The van der Waals surface area contributed by atoms with Crippen LogP contribution in [0.15, 0.2) is 42.5 Å². The van der Waals surface area contributed by atoms with Crippen LogP contribution in [0.5, 0.6) is 0 Å². The van der Waals surface area contributed by atoms with Crippen LogP contribution in [0.1, 0.15) is 45.8 Å². The molecule has 0 unspecified atom stereocenters. The predicted molar refractivity (Wildman–Crippen MR) is 104 cm³/mol. The van der Waals surface area contributed by atoms with Gasteiger partial charge in [-0.1, -0.05) is 12.1 Å². The highest BCUT2D eigenvalue weighted by Gasteiger charge is 2.26. The molecule has 3 aromatic rings. The van der Waals surface area contributed by atoms with Gasteiger partial charge < -0.3 is 15.2 Å². The quantitative estimate of drug-likeness (QED) is 0.681. The van der Waals surface area contributed by atoms with Gasteiger partial charge in [0, 0.05) is 24.7 Å². The molecule has 4 rings (SSSR count). The third-order valence-corrected chi connectivity index (χ3v) is 5.19. The minimum absolute atomic E-state index is 0.0380. The minimum atomic E-state index is -2.72. The Morgan fingerprint density at radius 1 is 1.13 bits per heavy atom. The third kappa shape index (κ3) is 4.00. The molecule has 0 atom stereocenters. The molecular weight excluding hydrogens is 397 g/mol. The minimum Gasteiger partial charge on any atom is -0.349 e. The van der Waals surface area contributed by atoms with Crippen molar-refractivity contribution in [1.29, 1.82) is 0 Å². The molecule has 2 amide bonds. The maximum Gasteiger partial charge on any atom is 0.295 e. The van der Waals surface area contributed by atoms with Gasteiger partial charge in [-0.15, -0.1) is 0 Å². The lowest BCUT2D eigenvalue weighted by Gasteiger charge is -2.32. The van der Waals surface area contributed by atoms with Crippen molar-refractivity contribution in [2.24, 2.45) is 0 Å². The summed E-state index contributed by atoms with van der Waals surface area (Å²) in [4.78, 5) is 32.9. The highest BCUT2D eigenvalue weighted by molar-refractivity contribution is 5.97. The number of piperidine rings is 1. The van der Waals surface area contributed by atoms with E-state index >= 15 is 0 Å². The molecule has 0 spiro atoms. The number of imidazole rings is 1. The number of nitrogens with zero attached hydrogens (tertiary/aromatic N) is 2. The summed E-state index contributed by atoms with van der Waals surface area (Å²) in [5.41, 5.74) is 1.10. The molecule has 2 aromatic carbocycles. The van der Waals surface area contributed by atoms with E-state index in [1.54, 1.807) is 11.0 Å². The number of fused-ring (bicyclic) bond motifs is 1. The van der Waals surface area contributed by atoms with E-state index in [1.165, 1.54) is 36.4 Å². The van der Waals surface area contributed by atoms with Crippen molar-refractivity contribution in [1.82, 2.24) is 20.2 Å². The number of carbonyl (C=O) groups excluding carboxylic acids is 2. The second kappa shape index (κ2) is 8.17. The third-order valence-electron chi connectivity index (χ3n) is 5.19. The van der Waals surface area contributed by atoms with Crippen LogP contribution in [0.25, 0.3) is 11.0 Å². The van der Waals surface area contributed by atoms with Crippen molar-refractivity contribution in [2.75, 3.05) is 13.1 Å². The lowest BCUT2D eigenvalue weighted by molar-refractivity contribution is 0.0693. The average molecular weight is 416 g/mol. The molecule has 0 radical (unpaired) electrons. The van der Waals surface area contributed by atoms with Crippen molar-refractivity contribution in [3.8, 4) is 0 Å². The molecule has 9 heteroatoms. The summed E-state index contributed by atoms with van der Waals surface area (Å²) in [5, 5.41) is 2.91. The molecular formula is C21H19F3N4O2. The van der Waals surface area contributed by atoms with E-state index in [4.69, 9.17) is 0 Å². The van der Waals surface area contributed by atoms with Crippen LogP contribution < -0.4 is 5.32 Å². The van der Waals surface area contributed by atoms with Crippen molar-refractivity contribution < 1.29 is 22.8 Å². The van der Waals surface area contributed by atoms with Gasteiger partial charge in [-0.25, -0.2) is 18.2 Å². The summed E-state index contributed by atoms with van der Waals surface area (Å²) in [6.45, 7) is 0.797. The number of aromatic nitrogens is 2. The number of H-pyrrole nitrogens is 1. The fourth-order valence-corrected chi connectivity index (χ4v) is 3.57. The number of halogens is 3. The first-order valence-electron chi connectivity index (χ1n) is 9.55. The maximum absolute atomic E-state index is 13.8. The number of likely N-dealkylation sites (tertiary alicyclic amines) is 1. The summed E-state index contributed by atoms with van der Waals surface area (Å²) in [6.07, 6.45) is -1.64. The van der Waals surface area contributed by atoms with Crippen LogP contribution in [-0.4, -0.2) is 45.8 Å². The van der Waals surface area contributed by atoms with Gasteiger partial charge in [0.1, 0.15) is 5.82 Å². The topological polar surface area (TPSA) is 78.1 Å². The second-order valence-electron chi connectivity index (χ2n) is 7.17. The zero-order valence-electron chi connectivity index (χ0n) is 15.9. The van der Waals surface area contributed by atoms with Gasteiger partial charge in [0.05, 0.1) is 16.6 Å². The monoisotopic (exact) mass is 416 g/mol. The van der Waals surface area contributed by atoms with E-state index in [0.717, 1.165) is 0 Å². The van der Waals surface area contributed by atoms with E-state index in [-0.39, 0.29) is 23.4 Å². The van der Waals surface area contributed by atoms with Gasteiger partial charge in [0.25, 0.3) is 18.2 Å². The number of carbonyl (C=O) groups is 2. The molecule has 1 aliphatic rings. The van der Waals surface area contributed by atoms with Gasteiger partial charge in [-0.3, -0.25) is 9.59 Å². The summed E-state index contributed by atoms with van der Waals surface area (Å²) in [7, 11) is 0. The van der Waals surface area contributed by atoms with Gasteiger partial charge in [0.15, 0.2) is 5.82 Å². The highest BCUT2D eigenvalue weighted by atomic mass is 19.3. The van der Waals surface area contributed by atoms with Crippen LogP contribution in [0.3, 0.4) is 0 Å². The summed E-state index contributed by atoms with van der Waals surface area (Å²) in [5.74, 6) is -1.68. The zero-order chi connectivity index (χ0) is 21.3. The molecule has 156 valence electrons. The Balaban J connectivity index is 1.37. The average Bonchev–Trinajstić information content (AvgIpc) is 3.18. The largest absolute Gasteiger partial charge is 0.349 e. The molecule has 1 saturated heterocycles. The van der Waals surface area contributed by atoms with Gasteiger partial charge in [-0.05, 0) is 43.2 Å². The number of nitrogens with one attached hydrogen (secondary N) is 2. The van der Waals surface area contributed by atoms with E-state index in [0.29, 0.717) is 42.5 Å². The molecule has 0 saturated carbocycles. The first-order chi connectivity index (χ1) is 14.4. The maximum atomic E-state index is 13.8. The number of rotatable bonds is 4. The number of alkyl halides is 2. The SMILES string of the molecule is O=C(NC1CCN(C(=O)c2ccccc2F)CC1)c1ccc2nc(C(F)F)[nH]c2c1. The van der Waals surface area contributed by atoms with Gasteiger partial charge >= 0.3 is 0 Å². The number of hydrogen-bond acceptors (Lipinski definition) is 3. The number of amides is 2. The van der Waals surface area contributed by atoms with Crippen LogP contribution in [0.4, 0.5) is 13.2 Å². The first kappa shape index (κ1) is 19.9. The van der Waals surface area contributed by atoms with Crippen molar-refractivity contribution in [2.45, 2.75) is 25.3 Å². The summed E-state index contributed by atoms with van der Waals surface area (Å²) < 4.78 is 39.4. The Hall–Kier alpha value is -3.36. The van der Waals surface area contributed by atoms with Crippen LogP contribution in [0, 0.1) is 5.82 Å². The van der Waals surface area contributed by atoms with Crippen LogP contribution >= 0.6 is 0 Å². The molecule has 0 aliphatic carbocycles. The Kier molecular flexibility index (Phi) is 5.43. The van der Waals surface area contributed by atoms with Crippen molar-refractivity contribution in [3.63, 3.8) is 0 Å². The van der Waals surface area contributed by atoms with Gasteiger partial charge in [-0.2, -0.15) is 0 Å². The standard InChI is InChI=1S/C21H19F3N4O2/c22-15-4-2-1-3-14(15)21(30)28-9-7-13(8-10-28)25-20(29)12-5-6-16-17(11-12)27-19(26-16)18(23)24/h1-6,11,13,18H,7-10H2,(H,25,29)(H,26,27). The van der Waals surface area contributed by atoms with E-state index in [1.807, 2.05) is 0 Å². The summed E-state index contributed by atoms with van der Waals surface area (Å²) >= 11 is 0. The van der Waals surface area contributed by atoms with Crippen molar-refractivity contribution >= 4 is 22.8 Å². The predicted octanol–water partition coefficient (Wildman–Crippen LogP) is 3.67. The molecule has 1 aromatic heterocycles. The molecule has 30 heavy (non-hydrogen) atoms. The highest BCUT2D eigenvalue weighted by Crippen LogP contribution is 2.21. The smallest absolute Gasteiger partial charge is 0.295 e. The molecule has 2 heterocycles. The Morgan fingerprint density at radius 3 is 2.57 bits per heavy atom. The molecule has 0 bridgehead atoms. The fraction of sp³-hybridized carbons (Fsp3) is 0.286. The van der Waals surface area contributed by atoms with E-state index in [2.05, 4.69) is 15.3 Å². The van der Waals surface area contributed by atoms with E-state index in [9.17, 15) is 22.8 Å².